The first kappa shape index (κ1) is 25.0. The molecule has 180 valence electrons. The Morgan fingerprint density at radius 2 is 1.85 bits per heavy atom. The summed E-state index contributed by atoms with van der Waals surface area (Å²) < 4.78 is 46.1. The first-order chi connectivity index (χ1) is 15.9. The van der Waals surface area contributed by atoms with Crippen LogP contribution in [0.15, 0.2) is 36.7 Å². The Bertz CT molecular complexity index is 974. The highest BCUT2D eigenvalue weighted by molar-refractivity contribution is 7.53. The van der Waals surface area contributed by atoms with Gasteiger partial charge in [0.25, 0.3) is 5.82 Å². The van der Waals surface area contributed by atoms with E-state index in [1.165, 1.54) is 18.1 Å². The molecule has 0 spiro atoms. The molecule has 13 heteroatoms. The van der Waals surface area contributed by atoms with Gasteiger partial charge in [-0.15, -0.1) is 5.10 Å². The molecule has 0 aliphatic carbocycles. The van der Waals surface area contributed by atoms with Gasteiger partial charge in [-0.25, -0.2) is 19.3 Å². The number of methoxy groups -OCH3 is 1. The molecule has 33 heavy (non-hydrogen) atoms. The van der Waals surface area contributed by atoms with Gasteiger partial charge < -0.3 is 28.0 Å². The smallest absolute Gasteiger partial charge is 0.377 e. The average molecular weight is 483 g/mol. The Morgan fingerprint density at radius 3 is 2.48 bits per heavy atom. The van der Waals surface area contributed by atoms with Crippen molar-refractivity contribution in [1.29, 1.82) is 0 Å². The number of ether oxygens (including phenoxy) is 4. The summed E-state index contributed by atoms with van der Waals surface area (Å²) in [6.45, 7) is 3.75. The topological polar surface area (TPSA) is 137 Å². The largest absolute Gasteiger partial charge is 0.463 e. The molecule has 0 N–H and O–H groups in total. The van der Waals surface area contributed by atoms with Crippen molar-refractivity contribution in [2.24, 2.45) is 0 Å². The molecule has 0 saturated carbocycles. The minimum Gasteiger partial charge on any atom is -0.463 e. The van der Waals surface area contributed by atoms with Crippen LogP contribution in [0.3, 0.4) is 0 Å². The van der Waals surface area contributed by atoms with E-state index in [-0.39, 0.29) is 31.8 Å². The predicted octanol–water partition coefficient (Wildman–Crippen LogP) is 2.78. The third-order valence-electron chi connectivity index (χ3n) is 4.51. The van der Waals surface area contributed by atoms with E-state index >= 15 is 0 Å². The molecule has 0 bridgehead atoms. The molecule has 2 aromatic rings. The maximum Gasteiger partial charge on any atom is 0.377 e. The van der Waals surface area contributed by atoms with Gasteiger partial charge >= 0.3 is 19.5 Å². The van der Waals surface area contributed by atoms with Gasteiger partial charge in [-0.2, -0.15) is 0 Å². The number of aromatic nitrogens is 3. The van der Waals surface area contributed by atoms with Crippen LogP contribution < -0.4 is 0 Å². The Labute approximate surface area is 190 Å². The monoisotopic (exact) mass is 483 g/mol. The van der Waals surface area contributed by atoms with Crippen LogP contribution in [0.25, 0.3) is 0 Å². The summed E-state index contributed by atoms with van der Waals surface area (Å²) in [5.74, 6) is -1.49. The van der Waals surface area contributed by atoms with E-state index in [1.807, 2.05) is 0 Å². The molecule has 0 amide bonds. The molecule has 2 heterocycles. The van der Waals surface area contributed by atoms with Crippen molar-refractivity contribution in [2.75, 3.05) is 26.7 Å². The van der Waals surface area contributed by atoms with E-state index in [4.69, 9.17) is 23.3 Å². The van der Waals surface area contributed by atoms with Crippen molar-refractivity contribution in [3.05, 3.63) is 48.0 Å². The predicted molar refractivity (Wildman–Crippen MR) is 112 cm³/mol. The van der Waals surface area contributed by atoms with Crippen molar-refractivity contribution in [3.63, 3.8) is 0 Å². The zero-order chi connectivity index (χ0) is 23.8. The number of benzene rings is 1. The van der Waals surface area contributed by atoms with Crippen LogP contribution >= 0.6 is 7.60 Å². The van der Waals surface area contributed by atoms with Crippen LogP contribution in [0.5, 0.6) is 0 Å². The van der Waals surface area contributed by atoms with Crippen LogP contribution in [0.4, 0.5) is 0 Å². The lowest BCUT2D eigenvalue weighted by Crippen LogP contribution is -2.26. The fraction of sp³-hybridized carbons (Fsp3) is 0.500. The van der Waals surface area contributed by atoms with E-state index in [2.05, 4.69) is 14.8 Å². The Morgan fingerprint density at radius 1 is 1.15 bits per heavy atom. The van der Waals surface area contributed by atoms with E-state index < -0.39 is 38.2 Å². The summed E-state index contributed by atoms with van der Waals surface area (Å²) >= 11 is 0. The van der Waals surface area contributed by atoms with E-state index in [1.54, 1.807) is 44.2 Å². The van der Waals surface area contributed by atoms with E-state index in [9.17, 15) is 14.2 Å². The van der Waals surface area contributed by atoms with Crippen LogP contribution in [-0.4, -0.2) is 65.8 Å². The van der Waals surface area contributed by atoms with Crippen LogP contribution in [0, 0.1) is 0 Å². The van der Waals surface area contributed by atoms with Gasteiger partial charge in [-0.3, -0.25) is 4.57 Å². The lowest BCUT2D eigenvalue weighted by molar-refractivity contribution is -0.150. The van der Waals surface area contributed by atoms with Crippen LogP contribution in [0.2, 0.25) is 0 Å². The van der Waals surface area contributed by atoms with Gasteiger partial charge in [0, 0.05) is 6.42 Å². The zero-order valence-corrected chi connectivity index (χ0v) is 19.4. The van der Waals surface area contributed by atoms with Crippen molar-refractivity contribution in [1.82, 2.24) is 14.8 Å². The molecular formula is C20H26N3O9P. The quantitative estimate of drug-likeness (QED) is 0.344. The fourth-order valence-corrected chi connectivity index (χ4v) is 4.45. The minimum absolute atomic E-state index is 0.106. The number of carbonyl (C=O) groups excluding carboxylic acids is 2. The summed E-state index contributed by atoms with van der Waals surface area (Å²) in [6, 6.07) is 8.44. The van der Waals surface area contributed by atoms with E-state index in [0.29, 0.717) is 5.56 Å². The zero-order valence-electron chi connectivity index (χ0n) is 18.5. The third-order valence-corrected chi connectivity index (χ3v) is 6.28. The molecule has 0 unspecified atom stereocenters. The lowest BCUT2D eigenvalue weighted by Gasteiger charge is -2.19. The Hall–Kier alpha value is -2.63. The number of hydrogen-bond donors (Lipinski definition) is 0. The Balaban J connectivity index is 1.76. The first-order valence-electron chi connectivity index (χ1n) is 10.3. The van der Waals surface area contributed by atoms with Gasteiger partial charge in [0.2, 0.25) is 0 Å². The van der Waals surface area contributed by atoms with Gasteiger partial charge in [0.05, 0.1) is 25.9 Å². The first-order valence-corrected chi connectivity index (χ1v) is 12.0. The molecule has 1 aliphatic heterocycles. The highest BCUT2D eigenvalue weighted by atomic mass is 31.2. The standard InChI is InChI=1S/C20H26N3O9P/c1-4-29-33(26,30-5-2)13-28-16-11-15(31-19(24)14-9-7-6-8-10-14)18(32-16)23-12-21-17(22-23)20(25)27-3/h6-10,12,15-16,18H,4-5,11,13H2,1-3H3/t15-,16+,18-/m1/s1. The van der Waals surface area contributed by atoms with Crippen molar-refractivity contribution < 1.29 is 42.1 Å². The molecular weight excluding hydrogens is 457 g/mol. The lowest BCUT2D eigenvalue weighted by atomic mass is 10.2. The maximum atomic E-state index is 12.7. The molecule has 0 radical (unpaired) electrons. The Kier molecular flexibility index (Phi) is 8.70. The van der Waals surface area contributed by atoms with E-state index in [0.717, 1.165) is 0 Å². The van der Waals surface area contributed by atoms with Gasteiger partial charge in [-0.05, 0) is 26.0 Å². The highest BCUT2D eigenvalue weighted by Crippen LogP contribution is 2.48. The van der Waals surface area contributed by atoms with Crippen LogP contribution in [0.1, 0.15) is 47.5 Å². The number of rotatable bonds is 11. The molecule has 1 aromatic heterocycles. The van der Waals surface area contributed by atoms with Crippen molar-refractivity contribution in [3.8, 4) is 0 Å². The molecule has 1 aromatic carbocycles. The SMILES string of the molecule is CCOP(=O)(CO[C@@H]1C[C@@H](OC(=O)c2ccccc2)[C@H](n2cnc(C(=O)OC)n2)O1)OCC. The summed E-state index contributed by atoms with van der Waals surface area (Å²) in [6.07, 6.45) is -1.69. The van der Waals surface area contributed by atoms with Crippen molar-refractivity contribution in [2.45, 2.75) is 38.9 Å². The average Bonchev–Trinajstić information content (AvgIpc) is 3.45. The summed E-state index contributed by atoms with van der Waals surface area (Å²) in [4.78, 5) is 28.2. The summed E-state index contributed by atoms with van der Waals surface area (Å²) in [7, 11) is -2.27. The normalized spacial score (nSPS) is 20.5. The second-order valence-corrected chi connectivity index (χ2v) is 8.78. The van der Waals surface area contributed by atoms with Crippen LogP contribution in [-0.2, 0) is 32.6 Å². The number of hydrogen-bond acceptors (Lipinski definition) is 11. The molecule has 1 saturated heterocycles. The molecule has 1 fully saturated rings. The molecule has 3 atom stereocenters. The number of carbonyl (C=O) groups is 2. The van der Waals surface area contributed by atoms with Crippen molar-refractivity contribution >= 4 is 19.5 Å². The number of nitrogens with zero attached hydrogens (tertiary/aromatic N) is 3. The van der Waals surface area contributed by atoms with Gasteiger partial charge in [0.15, 0.2) is 25.0 Å². The maximum absolute atomic E-state index is 12.7. The second kappa shape index (κ2) is 11.5. The summed E-state index contributed by atoms with van der Waals surface area (Å²) in [5, 5.41) is 4.05. The molecule has 1 aliphatic rings. The molecule has 12 nitrogen and oxygen atoms in total. The number of esters is 2. The fourth-order valence-electron chi connectivity index (χ4n) is 3.09. The third kappa shape index (κ3) is 6.46. The second-order valence-electron chi connectivity index (χ2n) is 6.78. The minimum atomic E-state index is -3.48. The molecule has 3 rings (SSSR count). The van der Waals surface area contributed by atoms with Gasteiger partial charge in [0.1, 0.15) is 6.33 Å². The highest BCUT2D eigenvalue weighted by Gasteiger charge is 2.42. The van der Waals surface area contributed by atoms with Gasteiger partial charge in [-0.1, -0.05) is 18.2 Å². The summed E-state index contributed by atoms with van der Waals surface area (Å²) in [5.41, 5.74) is 0.353.